The number of hydrogen-bond donors (Lipinski definition) is 1. The molecule has 1 aromatic carbocycles. The molecule has 1 atom stereocenters. The van der Waals surface area contributed by atoms with Gasteiger partial charge >= 0.3 is 12.1 Å². The van der Waals surface area contributed by atoms with Gasteiger partial charge in [-0.3, -0.25) is 9.59 Å². The van der Waals surface area contributed by atoms with Gasteiger partial charge in [0.2, 0.25) is 0 Å². The number of halogens is 4. The topological polar surface area (TPSA) is 57.6 Å². The Bertz CT molecular complexity index is 600. The summed E-state index contributed by atoms with van der Waals surface area (Å²) in [5.74, 6) is -3.78. The van der Waals surface area contributed by atoms with E-state index < -0.39 is 40.9 Å². The van der Waals surface area contributed by atoms with E-state index in [4.69, 9.17) is 5.11 Å². The zero-order valence-electron chi connectivity index (χ0n) is 11.4. The van der Waals surface area contributed by atoms with E-state index in [-0.39, 0.29) is 13.1 Å². The highest BCUT2D eigenvalue weighted by atomic mass is 19.4. The number of alkyl halides is 3. The average molecular weight is 319 g/mol. The van der Waals surface area contributed by atoms with Crippen LogP contribution in [0.3, 0.4) is 0 Å². The van der Waals surface area contributed by atoms with E-state index in [1.165, 1.54) is 0 Å². The van der Waals surface area contributed by atoms with Crippen LogP contribution in [0, 0.1) is 11.7 Å². The third kappa shape index (κ3) is 3.55. The van der Waals surface area contributed by atoms with Gasteiger partial charge in [-0.1, -0.05) is 0 Å². The van der Waals surface area contributed by atoms with Crippen molar-refractivity contribution < 1.29 is 32.3 Å². The van der Waals surface area contributed by atoms with Gasteiger partial charge in [0.1, 0.15) is 5.82 Å². The number of aliphatic carboxylic acids is 1. The monoisotopic (exact) mass is 319 g/mol. The van der Waals surface area contributed by atoms with Crippen molar-refractivity contribution in [3.8, 4) is 0 Å². The van der Waals surface area contributed by atoms with E-state index in [9.17, 15) is 27.2 Å². The largest absolute Gasteiger partial charge is 0.481 e. The normalized spacial score (nSPS) is 19.1. The SMILES string of the molecule is O=C(O)C1CCCN(C(=O)c2cc(F)cc(C(F)(F)F)c2)C1. The number of amides is 1. The van der Waals surface area contributed by atoms with Gasteiger partial charge in [0, 0.05) is 18.7 Å². The Labute approximate surface area is 123 Å². The van der Waals surface area contributed by atoms with Crippen molar-refractivity contribution in [3.63, 3.8) is 0 Å². The third-order valence-corrected chi connectivity index (χ3v) is 3.53. The quantitative estimate of drug-likeness (QED) is 0.853. The minimum atomic E-state index is -4.76. The Morgan fingerprint density at radius 3 is 2.50 bits per heavy atom. The number of benzene rings is 1. The van der Waals surface area contributed by atoms with Gasteiger partial charge in [0.05, 0.1) is 11.5 Å². The van der Waals surface area contributed by atoms with E-state index in [1.54, 1.807) is 0 Å². The first-order valence-electron chi connectivity index (χ1n) is 6.58. The average Bonchev–Trinajstić information content (AvgIpc) is 2.45. The van der Waals surface area contributed by atoms with E-state index in [1.807, 2.05) is 0 Å². The van der Waals surface area contributed by atoms with E-state index in [2.05, 4.69) is 0 Å². The first-order valence-corrected chi connectivity index (χ1v) is 6.58. The summed E-state index contributed by atoms with van der Waals surface area (Å²) in [6.07, 6.45) is -3.93. The van der Waals surface area contributed by atoms with Crippen molar-refractivity contribution in [1.82, 2.24) is 4.90 Å². The van der Waals surface area contributed by atoms with Gasteiger partial charge in [0.25, 0.3) is 5.91 Å². The molecule has 1 amide bonds. The van der Waals surface area contributed by atoms with Gasteiger partial charge in [-0.05, 0) is 31.0 Å². The number of likely N-dealkylation sites (tertiary alicyclic amines) is 1. The maximum Gasteiger partial charge on any atom is 0.416 e. The molecule has 0 spiro atoms. The lowest BCUT2D eigenvalue weighted by atomic mass is 9.97. The summed E-state index contributed by atoms with van der Waals surface area (Å²) in [5, 5.41) is 8.96. The molecule has 1 saturated heterocycles. The van der Waals surface area contributed by atoms with Crippen molar-refractivity contribution in [2.75, 3.05) is 13.1 Å². The Morgan fingerprint density at radius 1 is 1.23 bits per heavy atom. The van der Waals surface area contributed by atoms with Crippen LogP contribution in [0.5, 0.6) is 0 Å². The molecule has 1 unspecified atom stereocenters. The summed E-state index contributed by atoms with van der Waals surface area (Å²) in [5.41, 5.74) is -1.68. The van der Waals surface area contributed by atoms with E-state index in [0.717, 1.165) is 11.0 Å². The van der Waals surface area contributed by atoms with Crippen LogP contribution in [0.4, 0.5) is 17.6 Å². The Kier molecular flexibility index (Phi) is 4.39. The van der Waals surface area contributed by atoms with Crippen molar-refractivity contribution in [2.24, 2.45) is 5.92 Å². The van der Waals surface area contributed by atoms with Crippen molar-refractivity contribution >= 4 is 11.9 Å². The lowest BCUT2D eigenvalue weighted by molar-refractivity contribution is -0.143. The molecule has 0 radical (unpaired) electrons. The fourth-order valence-electron chi connectivity index (χ4n) is 2.42. The highest BCUT2D eigenvalue weighted by Crippen LogP contribution is 2.31. The number of carboxylic acids is 1. The van der Waals surface area contributed by atoms with Crippen LogP contribution in [0.2, 0.25) is 0 Å². The van der Waals surface area contributed by atoms with Gasteiger partial charge in [-0.25, -0.2) is 4.39 Å². The second-order valence-electron chi connectivity index (χ2n) is 5.15. The number of carbonyl (C=O) groups excluding carboxylic acids is 1. The lowest BCUT2D eigenvalue weighted by Gasteiger charge is -2.30. The maximum absolute atomic E-state index is 13.3. The highest BCUT2D eigenvalue weighted by molar-refractivity contribution is 5.94. The number of piperidine rings is 1. The fraction of sp³-hybridized carbons (Fsp3) is 0.429. The molecule has 1 aromatic rings. The predicted molar refractivity (Wildman–Crippen MR) is 67.7 cm³/mol. The smallest absolute Gasteiger partial charge is 0.416 e. The molecule has 22 heavy (non-hydrogen) atoms. The molecule has 0 bridgehead atoms. The standard InChI is InChI=1S/C14H13F4NO3/c15-11-5-9(4-10(6-11)14(16,17)18)12(20)19-3-1-2-8(7-19)13(21)22/h4-6,8H,1-3,7H2,(H,21,22). The molecule has 120 valence electrons. The number of hydrogen-bond acceptors (Lipinski definition) is 2. The molecular formula is C14H13F4NO3. The highest BCUT2D eigenvalue weighted by Gasteiger charge is 2.33. The van der Waals surface area contributed by atoms with Crippen molar-refractivity contribution in [1.29, 1.82) is 0 Å². The zero-order chi connectivity index (χ0) is 16.5. The predicted octanol–water partition coefficient (Wildman–Crippen LogP) is 2.78. The molecule has 1 aliphatic rings. The Hall–Kier alpha value is -2.12. The van der Waals surface area contributed by atoms with Gasteiger partial charge in [-0.15, -0.1) is 0 Å². The zero-order valence-corrected chi connectivity index (χ0v) is 11.4. The molecule has 0 aliphatic carbocycles. The Balaban J connectivity index is 2.26. The molecule has 1 aliphatic heterocycles. The second kappa shape index (κ2) is 5.94. The molecule has 4 nitrogen and oxygen atoms in total. The second-order valence-corrected chi connectivity index (χ2v) is 5.15. The van der Waals surface area contributed by atoms with Crippen LogP contribution >= 0.6 is 0 Å². The van der Waals surface area contributed by atoms with Crippen LogP contribution in [0.1, 0.15) is 28.8 Å². The number of carboxylic acid groups (broad SMARTS) is 1. The number of rotatable bonds is 2. The summed E-state index contributed by atoms with van der Waals surface area (Å²) in [4.78, 5) is 24.3. The van der Waals surface area contributed by atoms with Gasteiger partial charge in [-0.2, -0.15) is 13.2 Å². The Morgan fingerprint density at radius 2 is 1.91 bits per heavy atom. The molecule has 1 N–H and O–H groups in total. The van der Waals surface area contributed by atoms with Crippen LogP contribution in [-0.4, -0.2) is 35.0 Å². The number of carbonyl (C=O) groups is 2. The molecule has 0 aromatic heterocycles. The molecule has 8 heteroatoms. The lowest BCUT2D eigenvalue weighted by Crippen LogP contribution is -2.42. The molecule has 1 fully saturated rings. The van der Waals surface area contributed by atoms with Crippen molar-refractivity contribution in [3.05, 3.63) is 35.1 Å². The third-order valence-electron chi connectivity index (χ3n) is 3.53. The minimum absolute atomic E-state index is 0.0912. The summed E-state index contributed by atoms with van der Waals surface area (Å²) < 4.78 is 51.3. The van der Waals surface area contributed by atoms with Crippen LogP contribution < -0.4 is 0 Å². The van der Waals surface area contributed by atoms with Gasteiger partial charge in [0.15, 0.2) is 0 Å². The van der Waals surface area contributed by atoms with E-state index >= 15 is 0 Å². The first-order chi connectivity index (χ1) is 10.2. The minimum Gasteiger partial charge on any atom is -0.481 e. The fourth-order valence-corrected chi connectivity index (χ4v) is 2.42. The number of nitrogens with zero attached hydrogens (tertiary/aromatic N) is 1. The van der Waals surface area contributed by atoms with Crippen molar-refractivity contribution in [2.45, 2.75) is 19.0 Å². The first kappa shape index (κ1) is 16.3. The molecule has 1 heterocycles. The van der Waals surface area contributed by atoms with E-state index in [0.29, 0.717) is 25.0 Å². The molecule has 2 rings (SSSR count). The molecule has 0 saturated carbocycles. The van der Waals surface area contributed by atoms with Crippen LogP contribution in [-0.2, 0) is 11.0 Å². The summed E-state index contributed by atoms with van der Waals surface area (Å²) in [7, 11) is 0. The van der Waals surface area contributed by atoms with Crippen LogP contribution in [0.15, 0.2) is 18.2 Å². The molecular weight excluding hydrogens is 306 g/mol. The van der Waals surface area contributed by atoms with Gasteiger partial charge < -0.3 is 10.0 Å². The summed E-state index contributed by atoms with van der Waals surface area (Å²) in [6, 6.07) is 1.62. The maximum atomic E-state index is 13.3. The summed E-state index contributed by atoms with van der Waals surface area (Å²) in [6.45, 7) is 0.145. The van der Waals surface area contributed by atoms with Crippen LogP contribution in [0.25, 0.3) is 0 Å². The summed E-state index contributed by atoms with van der Waals surface area (Å²) >= 11 is 0.